The van der Waals surface area contributed by atoms with Crippen LogP contribution in [0.1, 0.15) is 30.5 Å². The smallest absolute Gasteiger partial charge is 0.131 e. The van der Waals surface area contributed by atoms with Gasteiger partial charge in [-0.25, -0.2) is 0 Å². The van der Waals surface area contributed by atoms with Gasteiger partial charge in [-0.1, -0.05) is 20.8 Å². The second-order valence-corrected chi connectivity index (χ2v) is 5.34. The van der Waals surface area contributed by atoms with Crippen LogP contribution in [0.4, 0.5) is 0 Å². The Morgan fingerprint density at radius 1 is 1.46 bits per heavy atom. The quantitative estimate of drug-likeness (QED) is 0.767. The van der Waals surface area contributed by atoms with Crippen molar-refractivity contribution in [2.24, 2.45) is 0 Å². The molecule has 0 radical (unpaired) electrons. The van der Waals surface area contributed by atoms with Crippen LogP contribution >= 0.6 is 11.3 Å². The minimum absolute atomic E-state index is 0.133. The van der Waals surface area contributed by atoms with Crippen molar-refractivity contribution in [1.29, 1.82) is 0 Å². The van der Waals surface area contributed by atoms with E-state index < -0.39 is 0 Å². The lowest BCUT2D eigenvalue weighted by Gasteiger charge is -2.14. The maximum absolute atomic E-state index is 9.60. The van der Waals surface area contributed by atoms with Crippen LogP contribution in [-0.2, 0) is 12.0 Å². The van der Waals surface area contributed by atoms with Gasteiger partial charge in [0.2, 0.25) is 0 Å². The first-order valence-electron chi connectivity index (χ1n) is 4.42. The highest BCUT2D eigenvalue weighted by molar-refractivity contribution is 7.12. The van der Waals surface area contributed by atoms with Gasteiger partial charge in [0.15, 0.2) is 0 Å². The Bertz CT molecular complexity index is 286. The molecule has 0 aromatic carbocycles. The van der Waals surface area contributed by atoms with Crippen molar-refractivity contribution in [3.63, 3.8) is 0 Å². The summed E-state index contributed by atoms with van der Waals surface area (Å²) in [6.45, 7) is 7.21. The minimum Gasteiger partial charge on any atom is -0.507 e. The molecular weight excluding hydrogens is 182 g/mol. The molecule has 13 heavy (non-hydrogen) atoms. The molecule has 1 aromatic heterocycles. The summed E-state index contributed by atoms with van der Waals surface area (Å²) in [4.78, 5) is 2.25. The summed E-state index contributed by atoms with van der Waals surface area (Å²) in [5.74, 6) is 0.421. The third-order valence-electron chi connectivity index (χ3n) is 1.86. The maximum atomic E-state index is 9.60. The van der Waals surface area contributed by atoms with Gasteiger partial charge in [-0.15, -0.1) is 11.3 Å². The van der Waals surface area contributed by atoms with Crippen molar-refractivity contribution in [2.75, 3.05) is 7.05 Å². The van der Waals surface area contributed by atoms with Crippen LogP contribution in [0.5, 0.6) is 5.75 Å². The van der Waals surface area contributed by atoms with E-state index in [4.69, 9.17) is 0 Å². The molecule has 3 heteroatoms. The molecule has 1 aromatic rings. The van der Waals surface area contributed by atoms with Gasteiger partial charge in [-0.3, -0.25) is 0 Å². The fraction of sp³-hybridized carbons (Fsp3) is 0.600. The zero-order valence-electron chi connectivity index (χ0n) is 8.64. The normalized spacial score (nSPS) is 12.0. The van der Waals surface area contributed by atoms with Crippen LogP contribution in [0.3, 0.4) is 0 Å². The summed E-state index contributed by atoms with van der Waals surface area (Å²) in [5, 5.41) is 12.6. The van der Waals surface area contributed by atoms with E-state index in [1.165, 1.54) is 4.88 Å². The Morgan fingerprint density at radius 3 is 2.46 bits per heavy atom. The first-order valence-corrected chi connectivity index (χ1v) is 5.23. The molecular formula is C10H17NOS. The highest BCUT2D eigenvalue weighted by Gasteiger charge is 2.18. The SMILES string of the molecule is CNCc1sc(C(C)(C)C)cc1O. The van der Waals surface area contributed by atoms with Crippen LogP contribution in [0.15, 0.2) is 6.07 Å². The first-order chi connectivity index (χ1) is 5.95. The zero-order chi connectivity index (χ0) is 10.1. The van der Waals surface area contributed by atoms with E-state index in [0.717, 1.165) is 11.4 Å². The van der Waals surface area contributed by atoms with Crippen LogP contribution in [-0.4, -0.2) is 12.2 Å². The molecule has 0 unspecified atom stereocenters. The fourth-order valence-electron chi connectivity index (χ4n) is 1.08. The van der Waals surface area contributed by atoms with Gasteiger partial charge in [-0.05, 0) is 18.5 Å². The molecule has 0 bridgehead atoms. The number of aromatic hydroxyl groups is 1. The molecule has 1 heterocycles. The molecule has 74 valence electrons. The largest absolute Gasteiger partial charge is 0.507 e. The molecule has 2 nitrogen and oxygen atoms in total. The van der Waals surface area contributed by atoms with Crippen LogP contribution in [0, 0.1) is 0 Å². The van der Waals surface area contributed by atoms with Gasteiger partial charge in [-0.2, -0.15) is 0 Å². The lowest BCUT2D eigenvalue weighted by molar-refractivity contribution is 0.468. The van der Waals surface area contributed by atoms with Crippen molar-refractivity contribution >= 4 is 11.3 Å². The molecule has 1 rings (SSSR count). The Hall–Kier alpha value is -0.540. The molecule has 0 aliphatic carbocycles. The zero-order valence-corrected chi connectivity index (χ0v) is 9.46. The number of nitrogens with one attached hydrogen (secondary N) is 1. The van der Waals surface area contributed by atoms with E-state index in [9.17, 15) is 5.11 Å². The third-order valence-corrected chi connectivity index (χ3v) is 3.41. The Kier molecular flexibility index (Phi) is 2.98. The first kappa shape index (κ1) is 10.5. The Morgan fingerprint density at radius 2 is 2.08 bits per heavy atom. The summed E-state index contributed by atoms with van der Waals surface area (Å²) in [7, 11) is 1.88. The summed E-state index contributed by atoms with van der Waals surface area (Å²) in [6.07, 6.45) is 0. The molecule has 0 aliphatic heterocycles. The van der Waals surface area contributed by atoms with Crippen molar-refractivity contribution in [2.45, 2.75) is 32.7 Å². The molecule has 0 fully saturated rings. The molecule has 0 amide bonds. The maximum Gasteiger partial charge on any atom is 0.131 e. The molecule has 2 N–H and O–H groups in total. The topological polar surface area (TPSA) is 32.3 Å². The number of rotatable bonds is 2. The summed E-state index contributed by atoms with van der Waals surface area (Å²) in [6, 6.07) is 1.87. The molecule has 0 saturated carbocycles. The highest BCUT2D eigenvalue weighted by Crippen LogP contribution is 2.35. The van der Waals surface area contributed by atoms with Crippen molar-refractivity contribution in [3.8, 4) is 5.75 Å². The molecule has 0 saturated heterocycles. The van der Waals surface area contributed by atoms with Gasteiger partial charge in [0.25, 0.3) is 0 Å². The monoisotopic (exact) mass is 199 g/mol. The minimum atomic E-state index is 0.133. The van der Waals surface area contributed by atoms with Crippen LogP contribution in [0.25, 0.3) is 0 Å². The van der Waals surface area contributed by atoms with Gasteiger partial charge >= 0.3 is 0 Å². The second-order valence-electron chi connectivity index (χ2n) is 4.20. The Labute approximate surface area is 83.6 Å². The van der Waals surface area contributed by atoms with E-state index in [2.05, 4.69) is 26.1 Å². The standard InChI is InChI=1S/C10H17NOS/c1-10(2,3)9-5-7(12)8(13-9)6-11-4/h5,11-12H,6H2,1-4H3. The van der Waals surface area contributed by atoms with Crippen molar-refractivity contribution < 1.29 is 5.11 Å². The predicted octanol–water partition coefficient (Wildman–Crippen LogP) is 2.47. The van der Waals surface area contributed by atoms with E-state index in [0.29, 0.717) is 5.75 Å². The second kappa shape index (κ2) is 3.68. The Balaban J connectivity index is 2.95. The van der Waals surface area contributed by atoms with E-state index in [-0.39, 0.29) is 5.41 Å². The van der Waals surface area contributed by atoms with E-state index >= 15 is 0 Å². The van der Waals surface area contributed by atoms with Crippen molar-refractivity contribution in [3.05, 3.63) is 15.8 Å². The van der Waals surface area contributed by atoms with Gasteiger partial charge in [0, 0.05) is 11.4 Å². The third kappa shape index (κ3) is 2.45. The van der Waals surface area contributed by atoms with Crippen LogP contribution in [0.2, 0.25) is 0 Å². The molecule has 0 aliphatic rings. The lowest BCUT2D eigenvalue weighted by Crippen LogP contribution is -2.08. The lowest BCUT2D eigenvalue weighted by atomic mass is 9.95. The summed E-state index contributed by atoms with van der Waals surface area (Å²) < 4.78 is 0. The predicted molar refractivity (Wildman–Crippen MR) is 57.4 cm³/mol. The summed E-state index contributed by atoms with van der Waals surface area (Å²) >= 11 is 1.68. The van der Waals surface area contributed by atoms with E-state index in [1.54, 1.807) is 11.3 Å². The molecule has 0 spiro atoms. The van der Waals surface area contributed by atoms with Crippen LogP contribution < -0.4 is 5.32 Å². The summed E-state index contributed by atoms with van der Waals surface area (Å²) in [5.41, 5.74) is 0.133. The number of hydrogen-bond donors (Lipinski definition) is 2. The number of thiophene rings is 1. The average Bonchev–Trinajstić information content (AvgIpc) is 2.32. The van der Waals surface area contributed by atoms with Gasteiger partial charge < -0.3 is 10.4 Å². The average molecular weight is 199 g/mol. The van der Waals surface area contributed by atoms with E-state index in [1.807, 2.05) is 13.1 Å². The fourth-order valence-corrected chi connectivity index (χ4v) is 2.20. The number of hydrogen-bond acceptors (Lipinski definition) is 3. The van der Waals surface area contributed by atoms with Gasteiger partial charge in [0.05, 0.1) is 4.88 Å². The highest BCUT2D eigenvalue weighted by atomic mass is 32.1. The van der Waals surface area contributed by atoms with Gasteiger partial charge in [0.1, 0.15) is 5.75 Å². The van der Waals surface area contributed by atoms with Crippen molar-refractivity contribution in [1.82, 2.24) is 5.32 Å². The molecule has 0 atom stereocenters.